The van der Waals surface area contributed by atoms with E-state index in [4.69, 9.17) is 10.8 Å². The molecule has 0 aliphatic carbocycles. The molecule has 0 atom stereocenters. The van der Waals surface area contributed by atoms with Crippen molar-refractivity contribution in [2.24, 2.45) is 5.73 Å². The molecule has 78 valence electrons. The maximum atomic E-state index is 11.1. The van der Waals surface area contributed by atoms with E-state index < -0.39 is 22.4 Å². The second-order valence-electron chi connectivity index (χ2n) is 2.07. The Morgan fingerprint density at radius 2 is 2.21 bits per heavy atom. The summed E-state index contributed by atoms with van der Waals surface area (Å²) < 4.78 is 0. The van der Waals surface area contributed by atoms with E-state index >= 15 is 0 Å². The summed E-state index contributed by atoms with van der Waals surface area (Å²) in [6, 6.07) is 0. The number of rotatable bonds is 4. The third-order valence-corrected chi connectivity index (χ3v) is 1.73. The molecule has 0 spiro atoms. The van der Waals surface area contributed by atoms with Crippen LogP contribution in [0, 0.1) is 10.1 Å². The molecule has 0 radical (unpaired) electrons. The number of hydrogen-bond acceptors (Lipinski definition) is 6. The number of carbonyl (C=O) groups is 1. The summed E-state index contributed by atoms with van der Waals surface area (Å²) >= 11 is 1.10. The van der Waals surface area contributed by atoms with Gasteiger partial charge in [0.15, 0.2) is 0 Å². The van der Waals surface area contributed by atoms with Crippen molar-refractivity contribution < 1.29 is 14.8 Å². The molecule has 14 heavy (non-hydrogen) atoms. The monoisotopic (exact) mass is 219 g/mol. The number of aliphatic hydroxyl groups is 1. The molecule has 0 bridgehead atoms. The van der Waals surface area contributed by atoms with Crippen LogP contribution < -0.4 is 11.1 Å². The van der Waals surface area contributed by atoms with Crippen LogP contribution in [0.15, 0.2) is 23.2 Å². The van der Waals surface area contributed by atoms with Gasteiger partial charge in [-0.1, -0.05) is 6.58 Å². The molecule has 0 unspecified atom stereocenters. The van der Waals surface area contributed by atoms with Gasteiger partial charge in [-0.15, -0.1) is 11.8 Å². The van der Waals surface area contributed by atoms with Gasteiger partial charge in [-0.3, -0.25) is 14.9 Å². The minimum Gasteiger partial charge on any atom is -0.490 e. The summed E-state index contributed by atoms with van der Waals surface area (Å²) in [4.78, 5) is 20.3. The highest BCUT2D eigenvalue weighted by molar-refractivity contribution is 8.02. The Hall–Kier alpha value is -1.70. The molecular formula is C6H9N3O4S. The van der Waals surface area contributed by atoms with Gasteiger partial charge in [0.2, 0.25) is 0 Å². The lowest BCUT2D eigenvalue weighted by Gasteiger charge is -2.03. The summed E-state index contributed by atoms with van der Waals surface area (Å²) in [5, 5.41) is 21.2. The van der Waals surface area contributed by atoms with E-state index in [1.165, 1.54) is 0 Å². The molecule has 0 aliphatic heterocycles. The fraction of sp³-hybridized carbons (Fsp3) is 0.167. The SMILES string of the molecule is C=C(NC(=O)/C(=C(\N)O)[N+](=O)[O-])SC. The Kier molecular flexibility index (Phi) is 4.50. The second-order valence-corrected chi connectivity index (χ2v) is 2.97. The summed E-state index contributed by atoms with van der Waals surface area (Å²) in [7, 11) is 0. The third-order valence-electron chi connectivity index (χ3n) is 1.14. The number of nitrogens with zero attached hydrogens (tertiary/aromatic N) is 1. The fourth-order valence-electron chi connectivity index (χ4n) is 0.530. The molecule has 8 heteroatoms. The quantitative estimate of drug-likeness (QED) is 0.263. The third kappa shape index (κ3) is 3.35. The van der Waals surface area contributed by atoms with Crippen LogP contribution in [0.4, 0.5) is 0 Å². The topological polar surface area (TPSA) is 118 Å². The van der Waals surface area contributed by atoms with Crippen molar-refractivity contribution in [3.8, 4) is 0 Å². The standard InChI is InChI=1S/C6H9N3O4S/c1-3(14-2)8-6(11)4(5(7)10)9(12)13/h10H,1,7H2,2H3,(H,8,11)/b5-4-. The van der Waals surface area contributed by atoms with Crippen LogP contribution in [0.2, 0.25) is 0 Å². The number of nitro groups is 1. The Labute approximate surface area is 83.8 Å². The molecular weight excluding hydrogens is 210 g/mol. The van der Waals surface area contributed by atoms with Crippen LogP contribution in [0.1, 0.15) is 0 Å². The Morgan fingerprint density at radius 1 is 1.71 bits per heavy atom. The van der Waals surface area contributed by atoms with Gasteiger partial charge in [0, 0.05) is 0 Å². The summed E-state index contributed by atoms with van der Waals surface area (Å²) in [6.45, 7) is 3.38. The largest absolute Gasteiger partial charge is 0.490 e. The average Bonchev–Trinajstić information content (AvgIpc) is 2.02. The van der Waals surface area contributed by atoms with Crippen LogP contribution in [-0.4, -0.2) is 22.2 Å². The molecule has 7 nitrogen and oxygen atoms in total. The predicted octanol–water partition coefficient (Wildman–Crippen LogP) is -0.101. The zero-order valence-electron chi connectivity index (χ0n) is 7.31. The highest BCUT2D eigenvalue weighted by Gasteiger charge is 2.26. The maximum absolute atomic E-state index is 11.1. The molecule has 0 aliphatic rings. The summed E-state index contributed by atoms with van der Waals surface area (Å²) in [6.07, 6.45) is 1.63. The molecule has 0 aromatic rings. The predicted molar refractivity (Wildman–Crippen MR) is 51.6 cm³/mol. The number of nitrogens with one attached hydrogen (secondary N) is 1. The first kappa shape index (κ1) is 12.3. The van der Waals surface area contributed by atoms with Gasteiger partial charge in [0.25, 0.3) is 5.88 Å². The minimum absolute atomic E-state index is 0.218. The van der Waals surface area contributed by atoms with Gasteiger partial charge in [0.1, 0.15) is 0 Å². The lowest BCUT2D eigenvalue weighted by molar-refractivity contribution is -0.422. The Bertz CT molecular complexity index is 308. The number of carbonyl (C=O) groups excluding carboxylic acids is 1. The maximum Gasteiger partial charge on any atom is 0.392 e. The van der Waals surface area contributed by atoms with E-state index in [1.807, 2.05) is 0 Å². The van der Waals surface area contributed by atoms with Crippen LogP contribution in [0.5, 0.6) is 0 Å². The van der Waals surface area contributed by atoms with E-state index in [-0.39, 0.29) is 5.03 Å². The van der Waals surface area contributed by atoms with Crippen LogP contribution in [0.3, 0.4) is 0 Å². The molecule has 0 aromatic carbocycles. The van der Waals surface area contributed by atoms with Crippen molar-refractivity contribution >= 4 is 17.7 Å². The van der Waals surface area contributed by atoms with Gasteiger partial charge in [0.05, 0.1) is 9.95 Å². The van der Waals surface area contributed by atoms with Crippen LogP contribution in [-0.2, 0) is 4.79 Å². The lowest BCUT2D eigenvalue weighted by atomic mass is 10.4. The Balaban J connectivity index is 4.74. The van der Waals surface area contributed by atoms with E-state index in [0.29, 0.717) is 0 Å². The molecule has 0 aromatic heterocycles. The van der Waals surface area contributed by atoms with Crippen LogP contribution in [0.25, 0.3) is 0 Å². The summed E-state index contributed by atoms with van der Waals surface area (Å²) in [5.74, 6) is -2.24. The van der Waals surface area contributed by atoms with Gasteiger partial charge in [-0.05, 0) is 6.26 Å². The molecule has 0 rings (SSSR count). The first-order valence-electron chi connectivity index (χ1n) is 3.27. The van der Waals surface area contributed by atoms with E-state index in [9.17, 15) is 14.9 Å². The van der Waals surface area contributed by atoms with E-state index in [0.717, 1.165) is 11.8 Å². The van der Waals surface area contributed by atoms with E-state index in [1.54, 1.807) is 6.26 Å². The molecule has 0 saturated heterocycles. The van der Waals surface area contributed by atoms with Crippen molar-refractivity contribution in [1.29, 1.82) is 0 Å². The zero-order chi connectivity index (χ0) is 11.3. The van der Waals surface area contributed by atoms with Crippen molar-refractivity contribution in [1.82, 2.24) is 5.32 Å². The van der Waals surface area contributed by atoms with E-state index in [2.05, 4.69) is 11.9 Å². The fourth-order valence-corrected chi connectivity index (χ4v) is 0.724. The van der Waals surface area contributed by atoms with Gasteiger partial charge in [-0.25, -0.2) is 0 Å². The van der Waals surface area contributed by atoms with Crippen molar-refractivity contribution in [3.05, 3.63) is 33.3 Å². The summed E-state index contributed by atoms with van der Waals surface area (Å²) in [5.41, 5.74) is 3.65. The normalized spacial score (nSPS) is 11.5. The molecule has 0 heterocycles. The highest BCUT2D eigenvalue weighted by Crippen LogP contribution is 2.06. The number of thioether (sulfide) groups is 1. The highest BCUT2D eigenvalue weighted by atomic mass is 32.2. The smallest absolute Gasteiger partial charge is 0.392 e. The number of aliphatic hydroxyl groups excluding tert-OH is 1. The second kappa shape index (κ2) is 5.12. The number of hydrogen-bond donors (Lipinski definition) is 3. The average molecular weight is 219 g/mol. The lowest BCUT2D eigenvalue weighted by Crippen LogP contribution is -2.29. The molecule has 0 saturated carbocycles. The van der Waals surface area contributed by atoms with Crippen LogP contribution >= 0.6 is 11.8 Å². The van der Waals surface area contributed by atoms with Crippen molar-refractivity contribution in [2.75, 3.05) is 6.26 Å². The Morgan fingerprint density at radius 3 is 2.50 bits per heavy atom. The zero-order valence-corrected chi connectivity index (χ0v) is 8.13. The van der Waals surface area contributed by atoms with Gasteiger partial charge in [-0.2, -0.15) is 0 Å². The molecule has 0 fully saturated rings. The molecule has 4 N–H and O–H groups in total. The first-order chi connectivity index (χ1) is 6.40. The number of amides is 1. The molecule has 1 amide bonds. The minimum atomic E-state index is -1.14. The first-order valence-corrected chi connectivity index (χ1v) is 4.50. The van der Waals surface area contributed by atoms with Gasteiger partial charge < -0.3 is 16.2 Å². The van der Waals surface area contributed by atoms with Gasteiger partial charge >= 0.3 is 11.6 Å². The van der Waals surface area contributed by atoms with Crippen molar-refractivity contribution in [3.63, 3.8) is 0 Å². The number of nitrogens with two attached hydrogens (primary N) is 1. The van der Waals surface area contributed by atoms with Crippen molar-refractivity contribution in [2.45, 2.75) is 0 Å².